The van der Waals surface area contributed by atoms with E-state index in [9.17, 15) is 18.0 Å². The molecule has 0 atom stereocenters. The number of carboxylic acid groups (broad SMARTS) is 1. The summed E-state index contributed by atoms with van der Waals surface area (Å²) in [4.78, 5) is 22.2. The monoisotopic (exact) mass is 358 g/mol. The van der Waals surface area contributed by atoms with Crippen LogP contribution in [0, 0.1) is 5.92 Å². The second-order valence-electron chi connectivity index (χ2n) is 5.47. The molecule has 134 valence electrons. The molecule has 0 heterocycles. The van der Waals surface area contributed by atoms with E-state index >= 15 is 0 Å². The molecule has 0 saturated carbocycles. The van der Waals surface area contributed by atoms with Gasteiger partial charge in [0, 0.05) is 18.7 Å². The summed E-state index contributed by atoms with van der Waals surface area (Å²) in [6.07, 6.45) is 0. The molecular formula is C15H22N2O6S. The fourth-order valence-electron chi connectivity index (χ4n) is 1.64. The average Bonchev–Trinajstić information content (AvgIpc) is 2.52. The normalized spacial score (nSPS) is 11.5. The molecule has 1 rings (SSSR count). The number of amides is 1. The molecule has 1 aromatic carbocycles. The zero-order valence-corrected chi connectivity index (χ0v) is 14.4. The van der Waals surface area contributed by atoms with Crippen LogP contribution in [0.3, 0.4) is 0 Å². The molecule has 0 unspecified atom stereocenters. The fourth-order valence-corrected chi connectivity index (χ4v) is 2.86. The number of carbonyl (C=O) groups excluding carboxylic acids is 1. The Labute approximate surface area is 141 Å². The van der Waals surface area contributed by atoms with Gasteiger partial charge in [0.2, 0.25) is 10.0 Å². The standard InChI is InChI=1S/C15H22N2O6S/c1-11(2)9-17-24(21,22)13-5-3-12(4-6-13)15(20)16-7-8-23-10-14(18)19/h3-6,11,17H,7-10H2,1-2H3,(H,16,20)(H,18,19). The van der Waals surface area contributed by atoms with Crippen LogP contribution in [0.2, 0.25) is 0 Å². The molecule has 1 amide bonds. The van der Waals surface area contributed by atoms with Crippen LogP contribution in [0.5, 0.6) is 0 Å². The number of carbonyl (C=O) groups is 2. The van der Waals surface area contributed by atoms with Gasteiger partial charge < -0.3 is 15.2 Å². The van der Waals surface area contributed by atoms with E-state index in [-0.39, 0.29) is 24.0 Å². The average molecular weight is 358 g/mol. The van der Waals surface area contributed by atoms with Crippen LogP contribution in [-0.2, 0) is 19.6 Å². The third-order valence-corrected chi connectivity index (χ3v) is 4.31. The first-order chi connectivity index (χ1) is 11.2. The van der Waals surface area contributed by atoms with E-state index in [1.807, 2.05) is 13.8 Å². The minimum Gasteiger partial charge on any atom is -0.480 e. The number of carboxylic acids is 1. The second kappa shape index (κ2) is 9.36. The van der Waals surface area contributed by atoms with Crippen molar-refractivity contribution >= 4 is 21.9 Å². The van der Waals surface area contributed by atoms with Crippen molar-refractivity contribution in [3.8, 4) is 0 Å². The summed E-state index contributed by atoms with van der Waals surface area (Å²) in [6.45, 7) is 3.94. The van der Waals surface area contributed by atoms with Crippen molar-refractivity contribution in [2.24, 2.45) is 5.92 Å². The lowest BCUT2D eigenvalue weighted by Gasteiger charge is -2.09. The topological polar surface area (TPSA) is 122 Å². The Morgan fingerprint density at radius 2 is 1.83 bits per heavy atom. The van der Waals surface area contributed by atoms with Crippen molar-refractivity contribution in [2.45, 2.75) is 18.7 Å². The van der Waals surface area contributed by atoms with Crippen molar-refractivity contribution in [1.82, 2.24) is 10.0 Å². The zero-order chi connectivity index (χ0) is 18.2. The summed E-state index contributed by atoms with van der Waals surface area (Å²) in [5.41, 5.74) is 0.302. The second-order valence-corrected chi connectivity index (χ2v) is 7.24. The van der Waals surface area contributed by atoms with Gasteiger partial charge in [0.1, 0.15) is 6.61 Å². The third kappa shape index (κ3) is 7.07. The SMILES string of the molecule is CC(C)CNS(=O)(=O)c1ccc(C(=O)NCCOCC(=O)O)cc1. The molecular weight excluding hydrogens is 336 g/mol. The van der Waals surface area contributed by atoms with Gasteiger partial charge in [-0.1, -0.05) is 13.8 Å². The van der Waals surface area contributed by atoms with E-state index in [4.69, 9.17) is 9.84 Å². The van der Waals surface area contributed by atoms with E-state index in [1.165, 1.54) is 24.3 Å². The molecule has 3 N–H and O–H groups in total. The van der Waals surface area contributed by atoms with Crippen LogP contribution in [-0.4, -0.2) is 51.7 Å². The molecule has 0 saturated heterocycles. The number of nitrogens with one attached hydrogen (secondary N) is 2. The predicted octanol–water partition coefficient (Wildman–Crippen LogP) is 0.452. The first-order valence-electron chi connectivity index (χ1n) is 7.40. The molecule has 24 heavy (non-hydrogen) atoms. The van der Waals surface area contributed by atoms with Crippen molar-refractivity contribution in [3.63, 3.8) is 0 Å². The number of hydrogen-bond acceptors (Lipinski definition) is 5. The first-order valence-corrected chi connectivity index (χ1v) is 8.88. The maximum atomic E-state index is 12.0. The highest BCUT2D eigenvalue weighted by atomic mass is 32.2. The fraction of sp³-hybridized carbons (Fsp3) is 0.467. The van der Waals surface area contributed by atoms with Gasteiger partial charge in [-0.05, 0) is 30.2 Å². The lowest BCUT2D eigenvalue weighted by atomic mass is 10.2. The Morgan fingerprint density at radius 3 is 2.38 bits per heavy atom. The number of aliphatic carboxylic acids is 1. The molecule has 0 aliphatic carbocycles. The minimum absolute atomic E-state index is 0.0730. The zero-order valence-electron chi connectivity index (χ0n) is 13.6. The van der Waals surface area contributed by atoms with E-state index in [2.05, 4.69) is 10.0 Å². The van der Waals surface area contributed by atoms with Gasteiger partial charge in [0.15, 0.2) is 0 Å². The van der Waals surface area contributed by atoms with E-state index in [0.29, 0.717) is 12.1 Å². The predicted molar refractivity (Wildman–Crippen MR) is 87.3 cm³/mol. The van der Waals surface area contributed by atoms with Crippen LogP contribution in [0.4, 0.5) is 0 Å². The van der Waals surface area contributed by atoms with Gasteiger partial charge in [-0.15, -0.1) is 0 Å². The highest BCUT2D eigenvalue weighted by Crippen LogP contribution is 2.11. The Morgan fingerprint density at radius 1 is 1.21 bits per heavy atom. The Kier molecular flexibility index (Phi) is 7.83. The maximum absolute atomic E-state index is 12.0. The smallest absolute Gasteiger partial charge is 0.329 e. The molecule has 0 spiro atoms. The van der Waals surface area contributed by atoms with E-state index in [0.717, 1.165) is 0 Å². The van der Waals surface area contributed by atoms with Crippen molar-refractivity contribution < 1.29 is 27.9 Å². The minimum atomic E-state index is -3.59. The molecule has 0 bridgehead atoms. The Bertz CT molecular complexity index is 655. The van der Waals surface area contributed by atoms with Crippen molar-refractivity contribution in [2.75, 3.05) is 26.3 Å². The summed E-state index contributed by atoms with van der Waals surface area (Å²) in [6, 6.07) is 5.55. The molecule has 0 aliphatic rings. The van der Waals surface area contributed by atoms with Crippen LogP contribution >= 0.6 is 0 Å². The third-order valence-electron chi connectivity index (χ3n) is 2.87. The largest absolute Gasteiger partial charge is 0.480 e. The van der Waals surface area contributed by atoms with Crippen LogP contribution in [0.15, 0.2) is 29.2 Å². The van der Waals surface area contributed by atoms with E-state index < -0.39 is 28.5 Å². The first kappa shape index (κ1) is 20.1. The van der Waals surface area contributed by atoms with Gasteiger partial charge in [-0.3, -0.25) is 4.79 Å². The van der Waals surface area contributed by atoms with Gasteiger partial charge in [0.25, 0.3) is 5.91 Å². The molecule has 0 aromatic heterocycles. The Hall–Kier alpha value is -1.97. The molecule has 9 heteroatoms. The summed E-state index contributed by atoms with van der Waals surface area (Å²) in [5, 5.41) is 10.9. The summed E-state index contributed by atoms with van der Waals surface area (Å²) in [7, 11) is -3.59. The Balaban J connectivity index is 2.54. The van der Waals surface area contributed by atoms with Gasteiger partial charge in [-0.25, -0.2) is 17.9 Å². The van der Waals surface area contributed by atoms with E-state index in [1.54, 1.807) is 0 Å². The quantitative estimate of drug-likeness (QED) is 0.522. The molecule has 0 aliphatic heterocycles. The lowest BCUT2D eigenvalue weighted by Crippen LogP contribution is -2.29. The molecule has 8 nitrogen and oxygen atoms in total. The highest BCUT2D eigenvalue weighted by Gasteiger charge is 2.15. The van der Waals surface area contributed by atoms with Crippen LogP contribution in [0.25, 0.3) is 0 Å². The van der Waals surface area contributed by atoms with Gasteiger partial charge in [-0.2, -0.15) is 0 Å². The van der Waals surface area contributed by atoms with Crippen molar-refractivity contribution in [3.05, 3.63) is 29.8 Å². The molecule has 0 fully saturated rings. The van der Waals surface area contributed by atoms with Crippen LogP contribution in [0.1, 0.15) is 24.2 Å². The number of ether oxygens (including phenoxy) is 1. The highest BCUT2D eigenvalue weighted by molar-refractivity contribution is 7.89. The van der Waals surface area contributed by atoms with Gasteiger partial charge >= 0.3 is 5.97 Å². The van der Waals surface area contributed by atoms with Crippen molar-refractivity contribution in [1.29, 1.82) is 0 Å². The molecule has 0 radical (unpaired) electrons. The van der Waals surface area contributed by atoms with Gasteiger partial charge in [0.05, 0.1) is 11.5 Å². The lowest BCUT2D eigenvalue weighted by molar-refractivity contribution is -0.142. The number of sulfonamides is 1. The number of benzene rings is 1. The summed E-state index contributed by atoms with van der Waals surface area (Å²) >= 11 is 0. The maximum Gasteiger partial charge on any atom is 0.329 e. The number of rotatable bonds is 10. The number of hydrogen-bond donors (Lipinski definition) is 3. The molecule has 1 aromatic rings. The van der Waals surface area contributed by atoms with Crippen LogP contribution < -0.4 is 10.0 Å². The summed E-state index contributed by atoms with van der Waals surface area (Å²) in [5.74, 6) is -1.29. The summed E-state index contributed by atoms with van der Waals surface area (Å²) < 4.78 is 31.4.